The van der Waals surface area contributed by atoms with Crippen LogP contribution in [-0.2, 0) is 14.3 Å². The van der Waals surface area contributed by atoms with Gasteiger partial charge in [-0.3, -0.25) is 4.79 Å². The highest BCUT2D eigenvalue weighted by molar-refractivity contribution is 5.93. The van der Waals surface area contributed by atoms with Crippen LogP contribution in [0.4, 0.5) is 5.69 Å². The highest BCUT2D eigenvalue weighted by Gasteiger charge is 2.13. The van der Waals surface area contributed by atoms with Crippen LogP contribution in [0.5, 0.6) is 23.0 Å². The summed E-state index contributed by atoms with van der Waals surface area (Å²) in [5.74, 6) is 0.837. The second-order valence-corrected chi connectivity index (χ2v) is 6.44. The van der Waals surface area contributed by atoms with Crippen molar-refractivity contribution in [3.63, 3.8) is 0 Å². The summed E-state index contributed by atoms with van der Waals surface area (Å²) < 4.78 is 26.8. The van der Waals surface area contributed by atoms with E-state index in [1.54, 1.807) is 30.3 Å². The van der Waals surface area contributed by atoms with E-state index in [4.69, 9.17) is 23.7 Å². The van der Waals surface area contributed by atoms with Gasteiger partial charge < -0.3 is 29.0 Å². The first-order valence-electron chi connectivity index (χ1n) is 10.3. The third kappa shape index (κ3) is 7.54. The van der Waals surface area contributed by atoms with Crippen LogP contribution in [0.1, 0.15) is 26.3 Å². The molecular formula is C24H29NO7. The summed E-state index contributed by atoms with van der Waals surface area (Å²) in [5, 5.41) is 2.66. The van der Waals surface area contributed by atoms with Gasteiger partial charge in [0.25, 0.3) is 5.91 Å². The van der Waals surface area contributed by atoms with E-state index in [-0.39, 0.29) is 6.61 Å². The number of rotatable bonds is 12. The SMILES string of the molecule is C/C=C/c1ccc(OCC(=O)OCC(=O)Nc2ccc(OCC)c(OCC)c2)c(OC)c1. The maximum Gasteiger partial charge on any atom is 0.344 e. The zero-order valence-electron chi connectivity index (χ0n) is 18.8. The highest BCUT2D eigenvalue weighted by atomic mass is 16.6. The lowest BCUT2D eigenvalue weighted by Crippen LogP contribution is -2.23. The lowest BCUT2D eigenvalue weighted by atomic mass is 10.2. The van der Waals surface area contributed by atoms with Crippen molar-refractivity contribution >= 4 is 23.6 Å². The van der Waals surface area contributed by atoms with Crippen molar-refractivity contribution in [3.05, 3.63) is 48.0 Å². The standard InChI is InChI=1S/C24H29NO7/c1-5-8-17-9-11-19(21(13-17)28-4)31-16-24(27)32-15-23(26)25-18-10-12-20(29-6-2)22(14-18)30-7-3/h5,8-14H,6-7,15-16H2,1-4H3,(H,25,26)/b8-5+. The molecule has 0 radical (unpaired) electrons. The molecule has 0 spiro atoms. The van der Waals surface area contributed by atoms with Gasteiger partial charge in [0.05, 0.1) is 20.3 Å². The molecule has 2 aromatic carbocycles. The van der Waals surface area contributed by atoms with Crippen LogP contribution < -0.4 is 24.3 Å². The van der Waals surface area contributed by atoms with Gasteiger partial charge in [-0.1, -0.05) is 18.2 Å². The summed E-state index contributed by atoms with van der Waals surface area (Å²) in [6.07, 6.45) is 3.82. The van der Waals surface area contributed by atoms with Crippen LogP contribution >= 0.6 is 0 Å². The van der Waals surface area contributed by atoms with Gasteiger partial charge in [-0.05, 0) is 50.6 Å². The molecule has 0 bridgehead atoms. The van der Waals surface area contributed by atoms with Crippen LogP contribution in [0.3, 0.4) is 0 Å². The summed E-state index contributed by atoms with van der Waals surface area (Å²) in [6.45, 7) is 5.79. The van der Waals surface area contributed by atoms with Crippen LogP contribution in [-0.4, -0.2) is 45.4 Å². The Morgan fingerprint density at radius 1 is 0.875 bits per heavy atom. The van der Waals surface area contributed by atoms with Gasteiger partial charge in [0.2, 0.25) is 0 Å². The summed E-state index contributed by atoms with van der Waals surface area (Å²) in [4.78, 5) is 24.1. The number of ether oxygens (including phenoxy) is 5. The summed E-state index contributed by atoms with van der Waals surface area (Å²) in [5.41, 5.74) is 1.44. The fourth-order valence-corrected chi connectivity index (χ4v) is 2.75. The molecule has 0 atom stereocenters. The first kappa shape index (κ1) is 24.6. The Morgan fingerprint density at radius 2 is 1.56 bits per heavy atom. The van der Waals surface area contributed by atoms with Crippen LogP contribution in [0.2, 0.25) is 0 Å². The number of carbonyl (C=O) groups excluding carboxylic acids is 2. The topological polar surface area (TPSA) is 92.3 Å². The lowest BCUT2D eigenvalue weighted by Gasteiger charge is -2.13. The van der Waals surface area contributed by atoms with Crippen LogP contribution in [0, 0.1) is 0 Å². The Bertz CT molecular complexity index is 940. The van der Waals surface area contributed by atoms with Gasteiger partial charge in [0.15, 0.2) is 36.2 Å². The number of esters is 1. The predicted molar refractivity (Wildman–Crippen MR) is 122 cm³/mol. The van der Waals surface area contributed by atoms with Crippen molar-refractivity contribution in [2.24, 2.45) is 0 Å². The average Bonchev–Trinajstić information content (AvgIpc) is 2.79. The van der Waals surface area contributed by atoms with E-state index in [2.05, 4.69) is 5.32 Å². The molecule has 0 saturated carbocycles. The molecule has 2 aromatic rings. The van der Waals surface area contributed by atoms with Crippen LogP contribution in [0.25, 0.3) is 6.08 Å². The van der Waals surface area contributed by atoms with Crippen molar-refractivity contribution in [2.45, 2.75) is 20.8 Å². The molecule has 0 fully saturated rings. The third-order valence-corrected chi connectivity index (χ3v) is 4.08. The Labute approximate surface area is 188 Å². The van der Waals surface area contributed by atoms with E-state index in [1.165, 1.54) is 7.11 Å². The molecular weight excluding hydrogens is 414 g/mol. The maximum absolute atomic E-state index is 12.1. The van der Waals surface area contributed by atoms with Gasteiger partial charge in [0.1, 0.15) is 0 Å². The van der Waals surface area contributed by atoms with Crippen molar-refractivity contribution < 1.29 is 33.3 Å². The summed E-state index contributed by atoms with van der Waals surface area (Å²) >= 11 is 0. The van der Waals surface area contributed by atoms with Crippen LogP contribution in [0.15, 0.2) is 42.5 Å². The minimum absolute atomic E-state index is 0.357. The van der Waals surface area contributed by atoms with Gasteiger partial charge in [-0.25, -0.2) is 4.79 Å². The monoisotopic (exact) mass is 443 g/mol. The Balaban J connectivity index is 1.85. The molecule has 0 aliphatic rings. The smallest absolute Gasteiger partial charge is 0.344 e. The largest absolute Gasteiger partial charge is 0.493 e. The number of hydrogen-bond acceptors (Lipinski definition) is 7. The van der Waals surface area contributed by atoms with E-state index >= 15 is 0 Å². The zero-order chi connectivity index (χ0) is 23.3. The van der Waals surface area contributed by atoms with Gasteiger partial charge in [-0.2, -0.15) is 0 Å². The lowest BCUT2D eigenvalue weighted by molar-refractivity contribution is -0.149. The van der Waals surface area contributed by atoms with Gasteiger partial charge in [-0.15, -0.1) is 0 Å². The summed E-state index contributed by atoms with van der Waals surface area (Å²) in [7, 11) is 1.52. The molecule has 0 saturated heterocycles. The van der Waals surface area contributed by atoms with Gasteiger partial charge in [0, 0.05) is 11.8 Å². The first-order valence-corrected chi connectivity index (χ1v) is 10.3. The molecule has 172 valence electrons. The number of allylic oxidation sites excluding steroid dienone is 1. The second kappa shape index (κ2) is 12.9. The molecule has 0 aliphatic heterocycles. The number of nitrogens with one attached hydrogen (secondary N) is 1. The zero-order valence-corrected chi connectivity index (χ0v) is 18.8. The summed E-state index contributed by atoms with van der Waals surface area (Å²) in [6, 6.07) is 10.4. The molecule has 0 aliphatic carbocycles. The van der Waals surface area contributed by atoms with E-state index in [0.29, 0.717) is 41.9 Å². The molecule has 1 amide bonds. The minimum atomic E-state index is -0.679. The molecule has 0 aromatic heterocycles. The van der Waals surface area contributed by atoms with Crippen molar-refractivity contribution in [3.8, 4) is 23.0 Å². The highest BCUT2D eigenvalue weighted by Crippen LogP contribution is 2.31. The molecule has 0 heterocycles. The molecule has 8 heteroatoms. The number of anilines is 1. The number of carbonyl (C=O) groups is 2. The molecule has 1 N–H and O–H groups in total. The van der Waals surface area contributed by atoms with Crippen molar-refractivity contribution in [1.29, 1.82) is 0 Å². The van der Waals surface area contributed by atoms with E-state index in [0.717, 1.165) is 5.56 Å². The molecule has 2 rings (SSSR count). The Hall–Kier alpha value is -3.68. The normalized spacial score (nSPS) is 10.5. The van der Waals surface area contributed by atoms with Crippen molar-refractivity contribution in [1.82, 2.24) is 0 Å². The Kier molecular flexibility index (Phi) is 9.90. The minimum Gasteiger partial charge on any atom is -0.493 e. The predicted octanol–water partition coefficient (Wildman–Crippen LogP) is 4.09. The number of methoxy groups -OCH3 is 1. The molecule has 32 heavy (non-hydrogen) atoms. The average molecular weight is 443 g/mol. The third-order valence-electron chi connectivity index (χ3n) is 4.08. The second-order valence-electron chi connectivity index (χ2n) is 6.44. The Morgan fingerprint density at radius 3 is 2.25 bits per heavy atom. The molecule has 0 unspecified atom stereocenters. The quantitative estimate of drug-likeness (QED) is 0.494. The van der Waals surface area contributed by atoms with Gasteiger partial charge >= 0.3 is 5.97 Å². The van der Waals surface area contributed by atoms with E-state index in [1.807, 2.05) is 39.0 Å². The van der Waals surface area contributed by atoms with E-state index < -0.39 is 18.5 Å². The van der Waals surface area contributed by atoms with E-state index in [9.17, 15) is 9.59 Å². The molecule has 8 nitrogen and oxygen atoms in total. The fraction of sp³-hybridized carbons (Fsp3) is 0.333. The number of hydrogen-bond donors (Lipinski definition) is 1. The van der Waals surface area contributed by atoms with Crippen molar-refractivity contribution in [2.75, 3.05) is 38.9 Å². The first-order chi connectivity index (χ1) is 15.5. The fourth-order valence-electron chi connectivity index (χ4n) is 2.75. The number of amides is 1. The number of benzene rings is 2. The maximum atomic E-state index is 12.1.